The standard InChI is InChI=1S/C16H26ClN3O4S2/c1-13(20-8-6-19(2)7-9-20)11-18-26(23,24)16-10-15(17)5-4-14(16)12-25(3,21)22/h4-5,10,13,18H,6-9,11-12H2,1-3H3. The second kappa shape index (κ2) is 8.53. The molecule has 0 bridgehead atoms. The molecule has 0 radical (unpaired) electrons. The van der Waals surface area contributed by atoms with E-state index in [0.717, 1.165) is 32.4 Å². The Hall–Kier alpha value is -0.710. The van der Waals surface area contributed by atoms with Crippen molar-refractivity contribution < 1.29 is 16.8 Å². The van der Waals surface area contributed by atoms with E-state index in [4.69, 9.17) is 11.6 Å². The second-order valence-corrected chi connectivity index (χ2v) is 11.2. The number of hydrogen-bond donors (Lipinski definition) is 1. The van der Waals surface area contributed by atoms with E-state index in [2.05, 4.69) is 21.6 Å². The molecule has 1 aliphatic rings. The number of nitrogens with zero attached hydrogens (tertiary/aromatic N) is 2. The summed E-state index contributed by atoms with van der Waals surface area (Å²) in [7, 11) is -5.18. The number of hydrogen-bond acceptors (Lipinski definition) is 6. The summed E-state index contributed by atoms with van der Waals surface area (Å²) < 4.78 is 51.3. The Labute approximate surface area is 161 Å². The molecule has 1 aromatic rings. The minimum Gasteiger partial charge on any atom is -0.304 e. The molecule has 1 fully saturated rings. The molecule has 2 rings (SSSR count). The van der Waals surface area contributed by atoms with E-state index in [1.54, 1.807) is 0 Å². The predicted molar refractivity (Wildman–Crippen MR) is 104 cm³/mol. The molecule has 0 spiro atoms. The fourth-order valence-corrected chi connectivity index (χ4v) is 5.41. The van der Waals surface area contributed by atoms with E-state index in [0.29, 0.717) is 0 Å². The van der Waals surface area contributed by atoms with Crippen molar-refractivity contribution in [3.8, 4) is 0 Å². The quantitative estimate of drug-likeness (QED) is 0.698. The summed E-state index contributed by atoms with van der Waals surface area (Å²) in [5, 5.41) is 0.245. The van der Waals surface area contributed by atoms with E-state index >= 15 is 0 Å². The first-order valence-corrected chi connectivity index (χ1v) is 12.3. The highest BCUT2D eigenvalue weighted by Gasteiger charge is 2.24. The van der Waals surface area contributed by atoms with Crippen LogP contribution in [0.5, 0.6) is 0 Å². The van der Waals surface area contributed by atoms with E-state index in [1.165, 1.54) is 18.2 Å². The average molecular weight is 424 g/mol. The third-order valence-corrected chi connectivity index (χ3v) is 7.04. The molecule has 1 atom stereocenters. The van der Waals surface area contributed by atoms with Crippen molar-refractivity contribution >= 4 is 31.5 Å². The van der Waals surface area contributed by atoms with E-state index in [-0.39, 0.29) is 33.8 Å². The highest BCUT2D eigenvalue weighted by molar-refractivity contribution is 7.90. The number of sulfonamides is 1. The first-order chi connectivity index (χ1) is 12.0. The smallest absolute Gasteiger partial charge is 0.240 e. The number of halogens is 1. The lowest BCUT2D eigenvalue weighted by Gasteiger charge is -2.36. The van der Waals surface area contributed by atoms with Gasteiger partial charge in [-0.1, -0.05) is 17.7 Å². The first-order valence-electron chi connectivity index (χ1n) is 8.36. The van der Waals surface area contributed by atoms with Crippen molar-refractivity contribution in [2.24, 2.45) is 0 Å². The van der Waals surface area contributed by atoms with Gasteiger partial charge in [0.05, 0.1) is 10.6 Å². The first kappa shape index (κ1) is 21.6. The lowest BCUT2D eigenvalue weighted by Crippen LogP contribution is -2.51. The van der Waals surface area contributed by atoms with Crippen LogP contribution in [0.2, 0.25) is 5.02 Å². The minimum absolute atomic E-state index is 0.0380. The van der Waals surface area contributed by atoms with Crippen LogP contribution in [-0.4, -0.2) is 78.7 Å². The van der Waals surface area contributed by atoms with Gasteiger partial charge in [-0.3, -0.25) is 4.90 Å². The molecule has 1 saturated heterocycles. The molecule has 0 aliphatic carbocycles. The SMILES string of the molecule is CC(CNS(=O)(=O)c1cc(Cl)ccc1CS(C)(=O)=O)N1CCN(C)CC1. The van der Waals surface area contributed by atoms with Gasteiger partial charge in [0.15, 0.2) is 9.84 Å². The Balaban J connectivity index is 2.13. The molecule has 1 N–H and O–H groups in total. The third kappa shape index (κ3) is 6.17. The van der Waals surface area contributed by atoms with Gasteiger partial charge >= 0.3 is 0 Å². The maximum Gasteiger partial charge on any atom is 0.240 e. The Morgan fingerprint density at radius 2 is 1.77 bits per heavy atom. The van der Waals surface area contributed by atoms with Crippen molar-refractivity contribution in [2.45, 2.75) is 23.6 Å². The van der Waals surface area contributed by atoms with Gasteiger partial charge in [-0.15, -0.1) is 0 Å². The molecule has 26 heavy (non-hydrogen) atoms. The van der Waals surface area contributed by atoms with Crippen LogP contribution >= 0.6 is 11.6 Å². The molecule has 1 aliphatic heterocycles. The zero-order chi connectivity index (χ0) is 19.5. The lowest BCUT2D eigenvalue weighted by molar-refractivity contribution is 0.120. The molecule has 1 aromatic carbocycles. The van der Waals surface area contributed by atoms with Crippen molar-refractivity contribution in [3.63, 3.8) is 0 Å². The Morgan fingerprint density at radius 3 is 2.35 bits per heavy atom. The van der Waals surface area contributed by atoms with Gasteiger partial charge in [0.1, 0.15) is 0 Å². The zero-order valence-electron chi connectivity index (χ0n) is 15.3. The second-order valence-electron chi connectivity index (χ2n) is 6.86. The number of nitrogens with one attached hydrogen (secondary N) is 1. The van der Waals surface area contributed by atoms with E-state index in [9.17, 15) is 16.8 Å². The number of benzene rings is 1. The van der Waals surface area contributed by atoms with Crippen LogP contribution in [0.15, 0.2) is 23.1 Å². The number of sulfone groups is 1. The van der Waals surface area contributed by atoms with Crippen molar-refractivity contribution in [3.05, 3.63) is 28.8 Å². The molecule has 0 amide bonds. The van der Waals surface area contributed by atoms with Crippen LogP contribution in [0.3, 0.4) is 0 Å². The molecule has 0 aromatic heterocycles. The highest BCUT2D eigenvalue weighted by Crippen LogP contribution is 2.22. The maximum atomic E-state index is 12.7. The summed E-state index contributed by atoms with van der Waals surface area (Å²) in [5.74, 6) is -0.353. The summed E-state index contributed by atoms with van der Waals surface area (Å²) >= 11 is 5.94. The van der Waals surface area contributed by atoms with Gasteiger partial charge in [-0.25, -0.2) is 21.6 Å². The van der Waals surface area contributed by atoms with Crippen LogP contribution in [-0.2, 0) is 25.6 Å². The molecule has 7 nitrogen and oxygen atoms in total. The predicted octanol–water partition coefficient (Wildman–Crippen LogP) is 0.799. The Morgan fingerprint density at radius 1 is 1.15 bits per heavy atom. The highest BCUT2D eigenvalue weighted by atomic mass is 35.5. The van der Waals surface area contributed by atoms with Gasteiger partial charge in [0.2, 0.25) is 10.0 Å². The number of rotatable bonds is 7. The minimum atomic E-state index is -3.87. The fraction of sp³-hybridized carbons (Fsp3) is 0.625. The summed E-state index contributed by atoms with van der Waals surface area (Å²) in [4.78, 5) is 4.38. The van der Waals surface area contributed by atoms with Crippen LogP contribution in [0, 0.1) is 0 Å². The number of piperazine rings is 1. The van der Waals surface area contributed by atoms with Crippen molar-refractivity contribution in [1.82, 2.24) is 14.5 Å². The maximum absolute atomic E-state index is 12.7. The average Bonchev–Trinajstić information content (AvgIpc) is 2.54. The van der Waals surface area contributed by atoms with Gasteiger partial charge in [-0.05, 0) is 31.7 Å². The molecule has 1 unspecified atom stereocenters. The van der Waals surface area contributed by atoms with Crippen molar-refractivity contribution in [2.75, 3.05) is 46.0 Å². The Bertz CT molecular complexity index is 835. The molecule has 0 saturated carbocycles. The fourth-order valence-electron chi connectivity index (χ4n) is 2.88. The molecule has 1 heterocycles. The zero-order valence-corrected chi connectivity index (χ0v) is 17.7. The molecule has 10 heteroatoms. The van der Waals surface area contributed by atoms with Gasteiger partial charge < -0.3 is 4.90 Å². The van der Waals surface area contributed by atoms with Gasteiger partial charge in [0, 0.05) is 50.0 Å². The summed E-state index contributed by atoms with van der Waals surface area (Å²) in [6.45, 7) is 5.89. The monoisotopic (exact) mass is 423 g/mol. The molecular formula is C16H26ClN3O4S2. The van der Waals surface area contributed by atoms with E-state index in [1.807, 2.05) is 6.92 Å². The molecular weight excluding hydrogens is 398 g/mol. The normalized spacial score (nSPS) is 18.8. The summed E-state index contributed by atoms with van der Waals surface area (Å²) in [5.41, 5.74) is 0.219. The van der Waals surface area contributed by atoms with Gasteiger partial charge in [-0.2, -0.15) is 0 Å². The topological polar surface area (TPSA) is 86.8 Å². The van der Waals surface area contributed by atoms with E-state index < -0.39 is 19.9 Å². The largest absolute Gasteiger partial charge is 0.304 e. The van der Waals surface area contributed by atoms with Gasteiger partial charge in [0.25, 0.3) is 0 Å². The summed E-state index contributed by atoms with van der Waals surface area (Å²) in [6.07, 6.45) is 1.07. The number of likely N-dealkylation sites (N-methyl/N-ethyl adjacent to an activating group) is 1. The summed E-state index contributed by atoms with van der Waals surface area (Å²) in [6, 6.07) is 4.27. The van der Waals surface area contributed by atoms with Crippen LogP contribution in [0.4, 0.5) is 0 Å². The molecule has 148 valence electrons. The van der Waals surface area contributed by atoms with Crippen molar-refractivity contribution in [1.29, 1.82) is 0 Å². The lowest BCUT2D eigenvalue weighted by atomic mass is 10.2. The van der Waals surface area contributed by atoms with Crippen LogP contribution < -0.4 is 4.72 Å². The van der Waals surface area contributed by atoms with Crippen LogP contribution in [0.1, 0.15) is 12.5 Å². The van der Waals surface area contributed by atoms with Crippen LogP contribution in [0.25, 0.3) is 0 Å². The Kier molecular flexibility index (Phi) is 7.09. The third-order valence-electron chi connectivity index (χ3n) is 4.47.